The first-order valence-electron chi connectivity index (χ1n) is 7.76. The first-order chi connectivity index (χ1) is 11.5. The van der Waals surface area contributed by atoms with E-state index in [0.29, 0.717) is 30.2 Å². The fraction of sp³-hybridized carbons (Fsp3) is 0.316. The van der Waals surface area contributed by atoms with Crippen molar-refractivity contribution < 1.29 is 14.3 Å². The summed E-state index contributed by atoms with van der Waals surface area (Å²) in [7, 11) is 5.00. The monoisotopic (exact) mass is 328 g/mol. The van der Waals surface area contributed by atoms with E-state index in [4.69, 9.17) is 15.2 Å². The number of benzene rings is 2. The van der Waals surface area contributed by atoms with Crippen LogP contribution in [0.25, 0.3) is 0 Å². The Balaban J connectivity index is 2.18. The number of nitrogens with zero attached hydrogens (tertiary/aromatic N) is 1. The molecular formula is C19H24N2O3. The number of carbonyl (C=O) groups excluding carboxylic acids is 1. The van der Waals surface area contributed by atoms with Crippen molar-refractivity contribution in [2.24, 2.45) is 5.73 Å². The standard InChI is InChI=1S/C19H24N2O3/c1-13-9-17(23-3)18(24-4)10-16(13)12-21(2)19(22)15-7-5-14(11-20)6-8-15/h5-10H,11-12,20H2,1-4H3. The zero-order valence-electron chi connectivity index (χ0n) is 14.6. The molecule has 2 aromatic rings. The van der Waals surface area contributed by atoms with Gasteiger partial charge in [0.05, 0.1) is 14.2 Å². The summed E-state index contributed by atoms with van der Waals surface area (Å²) in [6.07, 6.45) is 0. The topological polar surface area (TPSA) is 64.8 Å². The number of rotatable bonds is 6. The zero-order valence-corrected chi connectivity index (χ0v) is 14.6. The summed E-state index contributed by atoms with van der Waals surface area (Å²) in [6.45, 7) is 2.95. The van der Waals surface area contributed by atoms with Gasteiger partial charge in [0.1, 0.15) is 0 Å². The van der Waals surface area contributed by atoms with Gasteiger partial charge in [-0.3, -0.25) is 4.79 Å². The molecular weight excluding hydrogens is 304 g/mol. The van der Waals surface area contributed by atoms with E-state index < -0.39 is 0 Å². The maximum absolute atomic E-state index is 12.6. The van der Waals surface area contributed by atoms with Crippen molar-refractivity contribution >= 4 is 5.91 Å². The fourth-order valence-corrected chi connectivity index (χ4v) is 2.52. The summed E-state index contributed by atoms with van der Waals surface area (Å²) >= 11 is 0. The van der Waals surface area contributed by atoms with Gasteiger partial charge in [-0.05, 0) is 47.9 Å². The Kier molecular flexibility index (Phi) is 5.82. The molecule has 0 spiro atoms. The predicted molar refractivity (Wildman–Crippen MR) is 94.4 cm³/mol. The fourth-order valence-electron chi connectivity index (χ4n) is 2.52. The van der Waals surface area contributed by atoms with Crippen LogP contribution < -0.4 is 15.2 Å². The molecule has 0 atom stereocenters. The Labute approximate surface area is 143 Å². The Morgan fingerprint density at radius 2 is 1.67 bits per heavy atom. The molecule has 0 aromatic heterocycles. The summed E-state index contributed by atoms with van der Waals surface area (Å²) in [5, 5.41) is 0. The minimum absolute atomic E-state index is 0.0345. The quantitative estimate of drug-likeness (QED) is 0.885. The molecule has 24 heavy (non-hydrogen) atoms. The summed E-state index contributed by atoms with van der Waals surface area (Å²) in [4.78, 5) is 14.3. The van der Waals surface area contributed by atoms with Crippen LogP contribution in [-0.2, 0) is 13.1 Å². The number of aryl methyl sites for hydroxylation is 1. The van der Waals surface area contributed by atoms with Crippen LogP contribution in [0, 0.1) is 6.92 Å². The molecule has 128 valence electrons. The minimum atomic E-state index is -0.0345. The van der Waals surface area contributed by atoms with Gasteiger partial charge in [-0.2, -0.15) is 0 Å². The van der Waals surface area contributed by atoms with E-state index in [1.807, 2.05) is 43.3 Å². The lowest BCUT2D eigenvalue weighted by Gasteiger charge is -2.20. The van der Waals surface area contributed by atoms with Gasteiger partial charge in [-0.25, -0.2) is 0 Å². The zero-order chi connectivity index (χ0) is 17.7. The van der Waals surface area contributed by atoms with Crippen molar-refractivity contribution in [3.63, 3.8) is 0 Å². The normalized spacial score (nSPS) is 10.4. The van der Waals surface area contributed by atoms with Crippen LogP contribution in [0.5, 0.6) is 11.5 Å². The molecule has 5 heteroatoms. The SMILES string of the molecule is COc1cc(C)c(CN(C)C(=O)c2ccc(CN)cc2)cc1OC. The maximum atomic E-state index is 12.6. The Bertz CT molecular complexity index is 711. The smallest absolute Gasteiger partial charge is 0.253 e. The molecule has 0 heterocycles. The third-order valence-corrected chi connectivity index (χ3v) is 4.03. The van der Waals surface area contributed by atoms with Crippen LogP contribution in [0.4, 0.5) is 0 Å². The summed E-state index contributed by atoms with van der Waals surface area (Å²) in [5.41, 5.74) is 9.30. The lowest BCUT2D eigenvalue weighted by atomic mass is 10.1. The number of ether oxygens (including phenoxy) is 2. The van der Waals surface area contributed by atoms with E-state index in [0.717, 1.165) is 16.7 Å². The highest BCUT2D eigenvalue weighted by Crippen LogP contribution is 2.30. The van der Waals surface area contributed by atoms with Crippen LogP contribution in [0.3, 0.4) is 0 Å². The third-order valence-electron chi connectivity index (χ3n) is 4.03. The average Bonchev–Trinajstić information content (AvgIpc) is 2.62. The molecule has 0 saturated heterocycles. The number of amides is 1. The highest BCUT2D eigenvalue weighted by molar-refractivity contribution is 5.94. The van der Waals surface area contributed by atoms with Crippen molar-refractivity contribution in [3.05, 3.63) is 58.7 Å². The molecule has 0 aliphatic carbocycles. The van der Waals surface area contributed by atoms with Gasteiger partial charge in [-0.15, -0.1) is 0 Å². The molecule has 0 aliphatic rings. The minimum Gasteiger partial charge on any atom is -0.493 e. The summed E-state index contributed by atoms with van der Waals surface area (Å²) in [6, 6.07) is 11.2. The van der Waals surface area contributed by atoms with Crippen LogP contribution in [0.15, 0.2) is 36.4 Å². The van der Waals surface area contributed by atoms with Crippen molar-refractivity contribution in [2.45, 2.75) is 20.0 Å². The molecule has 2 rings (SSSR count). The van der Waals surface area contributed by atoms with Crippen LogP contribution in [0.2, 0.25) is 0 Å². The highest BCUT2D eigenvalue weighted by Gasteiger charge is 2.15. The first-order valence-corrected chi connectivity index (χ1v) is 7.76. The van der Waals surface area contributed by atoms with Crippen molar-refractivity contribution in [1.82, 2.24) is 4.90 Å². The molecule has 0 radical (unpaired) electrons. The second-order valence-electron chi connectivity index (χ2n) is 5.70. The lowest BCUT2D eigenvalue weighted by Crippen LogP contribution is -2.26. The van der Waals surface area contributed by atoms with Crippen molar-refractivity contribution in [1.29, 1.82) is 0 Å². The molecule has 0 fully saturated rings. The number of methoxy groups -OCH3 is 2. The van der Waals surface area contributed by atoms with Gasteiger partial charge >= 0.3 is 0 Å². The largest absolute Gasteiger partial charge is 0.493 e. The van der Waals surface area contributed by atoms with E-state index in [1.54, 1.807) is 26.2 Å². The van der Waals surface area contributed by atoms with Crippen LogP contribution in [0.1, 0.15) is 27.0 Å². The van der Waals surface area contributed by atoms with E-state index in [9.17, 15) is 4.79 Å². The lowest BCUT2D eigenvalue weighted by molar-refractivity contribution is 0.0785. The Hall–Kier alpha value is -2.53. The first kappa shape index (κ1) is 17.8. The van der Waals surface area contributed by atoms with Gasteiger partial charge in [0, 0.05) is 25.7 Å². The van der Waals surface area contributed by atoms with Gasteiger partial charge in [-0.1, -0.05) is 12.1 Å². The van der Waals surface area contributed by atoms with E-state index in [-0.39, 0.29) is 5.91 Å². The Morgan fingerprint density at radius 1 is 1.08 bits per heavy atom. The molecule has 2 N–H and O–H groups in total. The highest BCUT2D eigenvalue weighted by atomic mass is 16.5. The number of hydrogen-bond acceptors (Lipinski definition) is 4. The van der Waals surface area contributed by atoms with E-state index in [1.165, 1.54) is 0 Å². The maximum Gasteiger partial charge on any atom is 0.253 e. The molecule has 0 aliphatic heterocycles. The Morgan fingerprint density at radius 3 is 2.21 bits per heavy atom. The molecule has 1 amide bonds. The summed E-state index contributed by atoms with van der Waals surface area (Å²) in [5.74, 6) is 1.31. The third kappa shape index (κ3) is 3.86. The van der Waals surface area contributed by atoms with Gasteiger partial charge < -0.3 is 20.1 Å². The molecule has 2 aromatic carbocycles. The molecule has 5 nitrogen and oxygen atoms in total. The van der Waals surface area contributed by atoms with E-state index >= 15 is 0 Å². The molecule has 0 unspecified atom stereocenters. The van der Waals surface area contributed by atoms with Crippen LogP contribution >= 0.6 is 0 Å². The van der Waals surface area contributed by atoms with E-state index in [2.05, 4.69) is 0 Å². The number of hydrogen-bond donors (Lipinski definition) is 1. The second kappa shape index (κ2) is 7.84. The number of carbonyl (C=O) groups is 1. The average molecular weight is 328 g/mol. The second-order valence-corrected chi connectivity index (χ2v) is 5.70. The van der Waals surface area contributed by atoms with Crippen LogP contribution in [-0.4, -0.2) is 32.1 Å². The molecule has 0 bridgehead atoms. The van der Waals surface area contributed by atoms with Gasteiger partial charge in [0.2, 0.25) is 0 Å². The number of nitrogens with two attached hydrogens (primary N) is 1. The predicted octanol–water partition coefficient (Wildman–Crippen LogP) is 2.74. The van der Waals surface area contributed by atoms with Gasteiger partial charge in [0.15, 0.2) is 11.5 Å². The van der Waals surface area contributed by atoms with Gasteiger partial charge in [0.25, 0.3) is 5.91 Å². The molecule has 0 saturated carbocycles. The van der Waals surface area contributed by atoms with Crippen molar-refractivity contribution in [2.75, 3.05) is 21.3 Å². The summed E-state index contributed by atoms with van der Waals surface area (Å²) < 4.78 is 10.6. The van der Waals surface area contributed by atoms with Crippen molar-refractivity contribution in [3.8, 4) is 11.5 Å².